The Morgan fingerprint density at radius 2 is 1.92 bits per heavy atom. The fraction of sp³-hybridized carbons (Fsp3) is 1.00. The van der Waals surface area contributed by atoms with E-state index in [4.69, 9.17) is 0 Å². The van der Waals surface area contributed by atoms with Crippen LogP contribution in [0, 0.1) is 0 Å². The fourth-order valence-electron chi connectivity index (χ4n) is 0.236. The number of halogens is 5. The van der Waals surface area contributed by atoms with E-state index >= 15 is 0 Å². The summed E-state index contributed by atoms with van der Waals surface area (Å²) in [7, 11) is 0.195. The van der Waals surface area contributed by atoms with Crippen LogP contribution in [0.1, 0.15) is 0 Å². The van der Waals surface area contributed by atoms with Crippen LogP contribution in [0.3, 0.4) is 0 Å². The molecule has 0 aromatic carbocycles. The Hall–Kier alpha value is 0.720. The quantitative estimate of drug-likeness (QED) is 0.448. The molecule has 0 unspecified atom stereocenters. The predicted molar refractivity (Wildman–Crippen MR) is 44.6 cm³/mol. The van der Waals surface area contributed by atoms with Gasteiger partial charge in [-0.1, -0.05) is 22.6 Å². The van der Waals surface area contributed by atoms with Crippen LogP contribution in [0.15, 0.2) is 0 Å². The highest BCUT2D eigenvalue weighted by atomic mass is 127. The van der Waals surface area contributed by atoms with Gasteiger partial charge in [-0.15, -0.1) is 0 Å². The topological polar surface area (TPSA) is 43.4 Å². The van der Waals surface area contributed by atoms with Crippen LogP contribution in [0.5, 0.6) is 0 Å². The molecule has 0 N–H and O–H groups in total. The first kappa shape index (κ1) is 12.7. The minimum atomic E-state index is -4.48. The highest BCUT2D eigenvalue weighted by molar-refractivity contribution is 14.1. The Labute approximate surface area is 85.0 Å². The summed E-state index contributed by atoms with van der Waals surface area (Å²) in [4.78, 5) is 0. The molecule has 3 nitrogen and oxygen atoms in total. The summed E-state index contributed by atoms with van der Waals surface area (Å²) in [6, 6.07) is 0. The minimum absolute atomic E-state index is 1.00. The minimum Gasteiger partial charge on any atom is -0.257 e. The molecule has 0 aliphatic heterocycles. The zero-order chi connectivity index (χ0) is 9.99. The average molecular weight is 338 g/mol. The maximum absolute atomic E-state index is 11.7. The molecule has 0 aliphatic carbocycles. The Morgan fingerprint density at radius 3 is 2.17 bits per heavy atom. The van der Waals surface area contributed by atoms with Crippen molar-refractivity contribution in [1.29, 1.82) is 0 Å². The van der Waals surface area contributed by atoms with Gasteiger partial charge in [0.25, 0.3) is 0 Å². The SMILES string of the molecule is O=S(=O)(Cl)OC[C@@H](I)C(F)(F)F. The van der Waals surface area contributed by atoms with Gasteiger partial charge in [0.15, 0.2) is 0 Å². The first-order valence-electron chi connectivity index (χ1n) is 2.43. The normalized spacial score (nSPS) is 16.1. The Morgan fingerprint density at radius 1 is 1.50 bits per heavy atom. The van der Waals surface area contributed by atoms with E-state index < -0.39 is 26.0 Å². The van der Waals surface area contributed by atoms with Crippen LogP contribution >= 0.6 is 33.3 Å². The van der Waals surface area contributed by atoms with Crippen LogP contribution in [0.25, 0.3) is 0 Å². The summed E-state index contributed by atoms with van der Waals surface area (Å²) in [5.41, 5.74) is 0. The summed E-state index contributed by atoms with van der Waals surface area (Å²) in [6.45, 7) is -1.00. The zero-order valence-corrected chi connectivity index (χ0v) is 9.04. The van der Waals surface area contributed by atoms with Crippen molar-refractivity contribution < 1.29 is 25.8 Å². The van der Waals surface area contributed by atoms with Crippen LogP contribution in [0.2, 0.25) is 0 Å². The molecule has 0 aromatic rings. The Bertz CT molecular complexity index is 238. The van der Waals surface area contributed by atoms with Crippen molar-refractivity contribution >= 4 is 42.6 Å². The molecule has 0 rings (SSSR count). The molecule has 0 amide bonds. The molecule has 0 aromatic heterocycles. The van der Waals surface area contributed by atoms with Crippen molar-refractivity contribution in [1.82, 2.24) is 0 Å². The molecule has 0 aliphatic rings. The smallest absolute Gasteiger partial charge is 0.257 e. The molecule has 12 heavy (non-hydrogen) atoms. The Kier molecular flexibility index (Phi) is 4.55. The van der Waals surface area contributed by atoms with Crippen molar-refractivity contribution in [2.75, 3.05) is 6.61 Å². The lowest BCUT2D eigenvalue weighted by Crippen LogP contribution is -2.27. The molecule has 0 saturated heterocycles. The van der Waals surface area contributed by atoms with Gasteiger partial charge in [-0.05, 0) is 0 Å². The summed E-state index contributed by atoms with van der Waals surface area (Å²) < 4.78 is 57.0. The first-order valence-corrected chi connectivity index (χ1v) is 5.91. The molecular formula is C3H3ClF3IO3S. The van der Waals surface area contributed by atoms with E-state index in [1.807, 2.05) is 0 Å². The maximum Gasteiger partial charge on any atom is 0.402 e. The molecule has 0 spiro atoms. The van der Waals surface area contributed by atoms with Gasteiger partial charge in [0.1, 0.15) is 3.92 Å². The van der Waals surface area contributed by atoms with Gasteiger partial charge in [-0.3, -0.25) is 4.18 Å². The van der Waals surface area contributed by atoms with Crippen molar-refractivity contribution in [3.05, 3.63) is 0 Å². The Balaban J connectivity index is 3.97. The van der Waals surface area contributed by atoms with Gasteiger partial charge in [-0.2, -0.15) is 21.6 Å². The maximum atomic E-state index is 11.7. The van der Waals surface area contributed by atoms with Crippen LogP contribution in [-0.2, 0) is 13.5 Å². The summed E-state index contributed by atoms with van der Waals surface area (Å²) >= 11 is 1.02. The standard InChI is InChI=1S/C3H3ClF3IO3S/c4-12(9,10)11-1-2(8)3(5,6)7/h2H,1H2/t2-/m1/s1. The number of hydrogen-bond donors (Lipinski definition) is 0. The monoisotopic (exact) mass is 338 g/mol. The van der Waals surface area contributed by atoms with E-state index in [9.17, 15) is 21.6 Å². The third-order valence-electron chi connectivity index (χ3n) is 0.710. The lowest BCUT2D eigenvalue weighted by atomic mass is 10.5. The van der Waals surface area contributed by atoms with E-state index in [1.165, 1.54) is 0 Å². The van der Waals surface area contributed by atoms with Crippen LogP contribution in [0.4, 0.5) is 13.2 Å². The van der Waals surface area contributed by atoms with E-state index in [0.29, 0.717) is 0 Å². The molecule has 0 bridgehead atoms. The second-order valence-electron chi connectivity index (χ2n) is 1.69. The third-order valence-corrected chi connectivity index (χ3v) is 2.46. The van der Waals surface area contributed by atoms with Crippen molar-refractivity contribution in [2.24, 2.45) is 0 Å². The summed E-state index contributed by atoms with van der Waals surface area (Å²) in [6.07, 6.45) is -4.48. The molecule has 0 saturated carbocycles. The molecule has 0 fully saturated rings. The highest BCUT2D eigenvalue weighted by Crippen LogP contribution is 2.27. The molecule has 9 heteroatoms. The summed E-state index contributed by atoms with van der Waals surface area (Å²) in [5, 5.41) is 0. The molecule has 0 radical (unpaired) electrons. The van der Waals surface area contributed by atoms with E-state index in [-0.39, 0.29) is 0 Å². The second-order valence-corrected chi connectivity index (χ2v) is 5.35. The van der Waals surface area contributed by atoms with E-state index in [0.717, 1.165) is 22.6 Å². The highest BCUT2D eigenvalue weighted by Gasteiger charge is 2.38. The van der Waals surface area contributed by atoms with Crippen molar-refractivity contribution in [3.8, 4) is 0 Å². The van der Waals surface area contributed by atoms with Crippen molar-refractivity contribution in [3.63, 3.8) is 0 Å². The van der Waals surface area contributed by atoms with E-state index in [2.05, 4.69) is 14.9 Å². The van der Waals surface area contributed by atoms with Gasteiger partial charge in [0.05, 0.1) is 6.61 Å². The van der Waals surface area contributed by atoms with Crippen LogP contribution < -0.4 is 0 Å². The van der Waals surface area contributed by atoms with E-state index in [1.54, 1.807) is 0 Å². The van der Waals surface area contributed by atoms with Crippen molar-refractivity contribution in [2.45, 2.75) is 10.1 Å². The predicted octanol–water partition coefficient (Wildman–Crippen LogP) is 1.85. The zero-order valence-electron chi connectivity index (χ0n) is 5.31. The lowest BCUT2D eigenvalue weighted by Gasteiger charge is -2.11. The fourth-order valence-corrected chi connectivity index (χ4v) is 1.11. The molecule has 0 heterocycles. The van der Waals surface area contributed by atoms with Gasteiger partial charge < -0.3 is 0 Å². The van der Waals surface area contributed by atoms with Gasteiger partial charge >= 0.3 is 15.5 Å². The summed E-state index contributed by atoms with van der Waals surface area (Å²) in [5.74, 6) is 0. The number of rotatable bonds is 3. The molecule has 74 valence electrons. The lowest BCUT2D eigenvalue weighted by molar-refractivity contribution is -0.129. The van der Waals surface area contributed by atoms with Gasteiger partial charge in [0, 0.05) is 10.7 Å². The second kappa shape index (κ2) is 4.29. The third kappa shape index (κ3) is 6.26. The average Bonchev–Trinajstić information content (AvgIpc) is 1.78. The molecular weight excluding hydrogens is 335 g/mol. The first-order chi connectivity index (χ1) is 5.13. The number of hydrogen-bond acceptors (Lipinski definition) is 3. The largest absolute Gasteiger partial charge is 0.402 e. The number of alkyl halides is 4. The van der Waals surface area contributed by atoms with Gasteiger partial charge in [-0.25, -0.2) is 0 Å². The molecule has 1 atom stereocenters. The van der Waals surface area contributed by atoms with Gasteiger partial charge in [0.2, 0.25) is 0 Å². The van der Waals surface area contributed by atoms with Crippen LogP contribution in [-0.4, -0.2) is 25.1 Å².